The zero-order chi connectivity index (χ0) is 38.4. The molecule has 4 fully saturated rings. The largest absolute Gasteiger partial charge is 0.310 e. The number of thiophene rings is 1. The molecule has 3 heteroatoms. The van der Waals surface area contributed by atoms with E-state index in [1.807, 2.05) is 11.3 Å². The summed E-state index contributed by atoms with van der Waals surface area (Å²) in [4.78, 5) is 2.58. The van der Waals surface area contributed by atoms with Crippen molar-refractivity contribution in [3.05, 3.63) is 181 Å². The molecule has 1 aliphatic heterocycles. The summed E-state index contributed by atoms with van der Waals surface area (Å²) < 4.78 is 5.32. The molecule has 0 unspecified atom stereocenters. The molecule has 0 atom stereocenters. The van der Waals surface area contributed by atoms with Gasteiger partial charge < -0.3 is 9.47 Å². The molecule has 59 heavy (non-hydrogen) atoms. The van der Waals surface area contributed by atoms with E-state index in [0.29, 0.717) is 11.8 Å². The van der Waals surface area contributed by atoms with Gasteiger partial charge in [0, 0.05) is 53.1 Å². The maximum Gasteiger partial charge on any atom is 0.0584 e. The second-order valence-electron chi connectivity index (χ2n) is 18.1. The predicted molar refractivity (Wildman–Crippen MR) is 249 cm³/mol. The highest BCUT2D eigenvalue weighted by molar-refractivity contribution is 7.25. The average Bonchev–Trinajstić information content (AvgIpc) is 3.82. The summed E-state index contributed by atoms with van der Waals surface area (Å²) in [7, 11) is 0. The van der Waals surface area contributed by atoms with Gasteiger partial charge in [-0.1, -0.05) is 115 Å². The molecule has 4 saturated carbocycles. The van der Waals surface area contributed by atoms with E-state index in [1.165, 1.54) is 119 Å². The Labute approximate surface area is 348 Å². The highest BCUT2D eigenvalue weighted by Gasteiger charge is 2.61. The van der Waals surface area contributed by atoms with Crippen molar-refractivity contribution in [1.29, 1.82) is 0 Å². The van der Waals surface area contributed by atoms with Gasteiger partial charge in [-0.15, -0.1) is 11.3 Å². The van der Waals surface area contributed by atoms with Crippen LogP contribution in [0.5, 0.6) is 0 Å². The van der Waals surface area contributed by atoms with Crippen molar-refractivity contribution in [2.24, 2.45) is 23.7 Å². The molecule has 0 N–H and O–H groups in total. The Bertz CT molecular complexity index is 3330. The van der Waals surface area contributed by atoms with Crippen molar-refractivity contribution in [3.8, 4) is 16.8 Å². The van der Waals surface area contributed by atoms with E-state index >= 15 is 0 Å². The van der Waals surface area contributed by atoms with Gasteiger partial charge in [-0.2, -0.15) is 0 Å². The van der Waals surface area contributed by atoms with E-state index in [4.69, 9.17) is 0 Å². The van der Waals surface area contributed by atoms with E-state index in [2.05, 4.69) is 179 Å². The second-order valence-corrected chi connectivity index (χ2v) is 19.2. The lowest BCUT2D eigenvalue weighted by atomic mass is 9.41. The molecule has 5 aliphatic rings. The standard InChI is InChI=1S/C56H42N2S/c1-2-12-43-37(10-1)11-9-18-50(43)57(41-23-20-36(21-24-41)38-22-25-46-45-14-4-8-19-53(45)59-54(46)31-38)42-32-47-44-13-3-6-16-51(44)58-52-17-7-5-15-48(52)56(49(33-42)55(47)58)39-27-34-26-35(29-39)30-40(56)28-34/h1-25,31-35,39-40H,26-30H2. The molecule has 8 aromatic carbocycles. The van der Waals surface area contributed by atoms with Gasteiger partial charge in [-0.05, 0) is 138 Å². The first-order chi connectivity index (χ1) is 29.2. The molecular formula is C56H42N2S. The van der Waals surface area contributed by atoms with Crippen LogP contribution < -0.4 is 4.90 Å². The van der Waals surface area contributed by atoms with E-state index < -0.39 is 0 Å². The predicted octanol–water partition coefficient (Wildman–Crippen LogP) is 15.5. The van der Waals surface area contributed by atoms with Crippen molar-refractivity contribution in [2.45, 2.75) is 37.5 Å². The number of hydrogen-bond acceptors (Lipinski definition) is 2. The lowest BCUT2D eigenvalue weighted by molar-refractivity contribution is -0.0418. The topological polar surface area (TPSA) is 8.17 Å². The van der Waals surface area contributed by atoms with E-state index in [1.54, 1.807) is 11.1 Å². The fourth-order valence-corrected chi connectivity index (χ4v) is 14.4. The Kier molecular flexibility index (Phi) is 6.64. The van der Waals surface area contributed by atoms with Crippen molar-refractivity contribution >= 4 is 81.1 Å². The molecule has 0 radical (unpaired) electrons. The third kappa shape index (κ3) is 4.41. The summed E-state index contributed by atoms with van der Waals surface area (Å²) in [6.07, 6.45) is 6.87. The van der Waals surface area contributed by atoms with Gasteiger partial charge in [-0.3, -0.25) is 0 Å². The summed E-state index contributed by atoms with van der Waals surface area (Å²) in [6.45, 7) is 0. The molecule has 2 nitrogen and oxygen atoms in total. The molecule has 4 aliphatic carbocycles. The maximum absolute atomic E-state index is 2.67. The van der Waals surface area contributed by atoms with Crippen LogP contribution in [0.25, 0.3) is 69.6 Å². The quantitative estimate of drug-likeness (QED) is 0.173. The van der Waals surface area contributed by atoms with E-state index in [0.717, 1.165) is 11.8 Å². The van der Waals surface area contributed by atoms with Crippen LogP contribution in [-0.2, 0) is 5.41 Å². The smallest absolute Gasteiger partial charge is 0.0584 e. The molecule has 282 valence electrons. The van der Waals surface area contributed by atoms with Crippen molar-refractivity contribution in [2.75, 3.05) is 4.90 Å². The summed E-state index contributed by atoms with van der Waals surface area (Å²) in [6, 6.07) is 64.8. The minimum absolute atomic E-state index is 0.00216. The Balaban J connectivity index is 1.02. The summed E-state index contributed by atoms with van der Waals surface area (Å²) in [5, 5.41) is 7.92. The van der Waals surface area contributed by atoms with Crippen LogP contribution in [0.15, 0.2) is 170 Å². The van der Waals surface area contributed by atoms with Crippen molar-refractivity contribution in [3.63, 3.8) is 0 Å². The molecule has 1 spiro atoms. The first-order valence-electron chi connectivity index (χ1n) is 21.7. The maximum atomic E-state index is 2.67. The first-order valence-corrected chi connectivity index (χ1v) is 22.5. The second kappa shape index (κ2) is 12.0. The number of nitrogens with zero attached hydrogens (tertiary/aromatic N) is 2. The Morgan fingerprint density at radius 2 is 1.15 bits per heavy atom. The van der Waals surface area contributed by atoms with Crippen LogP contribution in [0, 0.1) is 23.7 Å². The number of benzene rings is 8. The highest BCUT2D eigenvalue weighted by atomic mass is 32.1. The molecule has 15 rings (SSSR count). The number of para-hydroxylation sites is 2. The van der Waals surface area contributed by atoms with Gasteiger partial charge in [0.2, 0.25) is 0 Å². The van der Waals surface area contributed by atoms with Gasteiger partial charge in [0.25, 0.3) is 0 Å². The molecule has 4 bridgehead atoms. The van der Waals surface area contributed by atoms with Crippen molar-refractivity contribution < 1.29 is 0 Å². The van der Waals surface area contributed by atoms with E-state index in [9.17, 15) is 0 Å². The van der Waals surface area contributed by atoms with Crippen LogP contribution in [0.4, 0.5) is 17.1 Å². The third-order valence-corrected chi connectivity index (χ3v) is 16.5. The van der Waals surface area contributed by atoms with Gasteiger partial charge in [0.15, 0.2) is 0 Å². The van der Waals surface area contributed by atoms with Crippen LogP contribution >= 0.6 is 11.3 Å². The number of rotatable bonds is 4. The highest BCUT2D eigenvalue weighted by Crippen LogP contribution is 2.68. The minimum atomic E-state index is 0.00216. The minimum Gasteiger partial charge on any atom is -0.310 e. The number of hydrogen-bond donors (Lipinski definition) is 0. The first kappa shape index (κ1) is 32.8. The summed E-state index contributed by atoms with van der Waals surface area (Å²) >= 11 is 1.89. The lowest BCUT2D eigenvalue weighted by Gasteiger charge is -2.63. The van der Waals surface area contributed by atoms with Gasteiger partial charge in [0.1, 0.15) is 0 Å². The zero-order valence-electron chi connectivity index (χ0n) is 32.8. The van der Waals surface area contributed by atoms with Crippen LogP contribution in [0.1, 0.15) is 43.2 Å². The zero-order valence-corrected chi connectivity index (χ0v) is 33.6. The molecule has 2 aromatic heterocycles. The normalized spacial score (nSPS) is 22.6. The molecule has 0 amide bonds. The van der Waals surface area contributed by atoms with Gasteiger partial charge in [-0.25, -0.2) is 0 Å². The summed E-state index contributed by atoms with van der Waals surface area (Å²) in [5.41, 5.74) is 13.4. The van der Waals surface area contributed by atoms with Gasteiger partial charge >= 0.3 is 0 Å². The van der Waals surface area contributed by atoms with Gasteiger partial charge in [0.05, 0.1) is 22.4 Å². The SMILES string of the molecule is c1ccc2c(c1)-n1c3ccccc3c3cc(N(c4ccc(-c5ccc6c(c5)sc5ccccc56)cc4)c4cccc5ccccc45)cc(c31)C21C2CC3CC(C2)CC1C3. The Morgan fingerprint density at radius 1 is 0.475 bits per heavy atom. The molecular weight excluding hydrogens is 733 g/mol. The van der Waals surface area contributed by atoms with Crippen LogP contribution in [0.3, 0.4) is 0 Å². The Morgan fingerprint density at radius 3 is 2.00 bits per heavy atom. The third-order valence-electron chi connectivity index (χ3n) is 15.3. The Hall–Kier alpha value is -6.16. The summed E-state index contributed by atoms with van der Waals surface area (Å²) in [5.74, 6) is 3.08. The lowest BCUT2D eigenvalue weighted by Crippen LogP contribution is -2.57. The fourth-order valence-electron chi connectivity index (χ4n) is 13.3. The number of aromatic nitrogens is 1. The number of anilines is 3. The monoisotopic (exact) mass is 774 g/mol. The number of fused-ring (bicyclic) bond motifs is 9. The van der Waals surface area contributed by atoms with Crippen molar-refractivity contribution in [1.82, 2.24) is 4.57 Å². The van der Waals surface area contributed by atoms with Crippen LogP contribution in [0.2, 0.25) is 0 Å². The van der Waals surface area contributed by atoms with E-state index in [-0.39, 0.29) is 5.41 Å². The molecule has 10 aromatic rings. The molecule has 0 saturated heterocycles. The average molecular weight is 775 g/mol. The fraction of sp³-hybridized carbons (Fsp3) is 0.179. The molecule has 3 heterocycles. The van der Waals surface area contributed by atoms with Crippen LogP contribution in [-0.4, -0.2) is 4.57 Å².